The van der Waals surface area contributed by atoms with E-state index in [1.807, 2.05) is 36.1 Å². The fourth-order valence-electron chi connectivity index (χ4n) is 2.26. The lowest BCUT2D eigenvalue weighted by molar-refractivity contribution is 0.499. The van der Waals surface area contributed by atoms with E-state index in [1.54, 1.807) is 12.1 Å². The first kappa shape index (κ1) is 15.7. The van der Waals surface area contributed by atoms with E-state index in [0.717, 1.165) is 22.3 Å². The van der Waals surface area contributed by atoms with Crippen molar-refractivity contribution < 1.29 is 8.81 Å². The van der Waals surface area contributed by atoms with E-state index >= 15 is 0 Å². The van der Waals surface area contributed by atoms with Crippen LogP contribution in [0.5, 0.6) is 0 Å². The van der Waals surface area contributed by atoms with Gasteiger partial charge in [-0.25, -0.2) is 4.39 Å². The van der Waals surface area contributed by atoms with Gasteiger partial charge < -0.3 is 9.32 Å². The summed E-state index contributed by atoms with van der Waals surface area (Å²) in [6.45, 7) is 3.25. The summed E-state index contributed by atoms with van der Waals surface area (Å²) in [6, 6.07) is 14.1. The molecule has 0 aliphatic heterocycles. The number of hydrogen-bond acceptors (Lipinski definition) is 4. The van der Waals surface area contributed by atoms with E-state index in [4.69, 9.17) is 4.42 Å². The molecule has 1 aromatic heterocycles. The highest BCUT2D eigenvalue weighted by molar-refractivity contribution is 9.10. The number of anilines is 1. The molecule has 0 unspecified atom stereocenters. The number of nitrogens with zero attached hydrogens (tertiary/aromatic N) is 3. The van der Waals surface area contributed by atoms with Gasteiger partial charge in [-0.3, -0.25) is 0 Å². The van der Waals surface area contributed by atoms with Crippen LogP contribution >= 0.6 is 15.9 Å². The van der Waals surface area contributed by atoms with Crippen molar-refractivity contribution in [3.05, 3.63) is 64.7 Å². The zero-order valence-corrected chi connectivity index (χ0v) is 14.1. The third kappa shape index (κ3) is 3.76. The quantitative estimate of drug-likeness (QED) is 0.649. The standard InChI is InChI=1S/C17H15BrFN3O/c1-2-22(15-8-6-14(19)7-9-15)11-16-20-21-17(23-16)12-4-3-5-13(18)10-12/h3-10H,2,11H2,1H3. The van der Waals surface area contributed by atoms with Crippen molar-refractivity contribution in [3.8, 4) is 11.5 Å². The second-order valence-corrected chi connectivity index (χ2v) is 5.92. The van der Waals surface area contributed by atoms with Crippen molar-refractivity contribution in [2.75, 3.05) is 11.4 Å². The molecule has 23 heavy (non-hydrogen) atoms. The molecular formula is C17H15BrFN3O. The van der Waals surface area contributed by atoms with Crippen molar-refractivity contribution >= 4 is 21.6 Å². The molecule has 0 aliphatic rings. The van der Waals surface area contributed by atoms with Crippen LogP contribution in [0.15, 0.2) is 57.4 Å². The van der Waals surface area contributed by atoms with Gasteiger partial charge in [-0.15, -0.1) is 10.2 Å². The number of aromatic nitrogens is 2. The third-order valence-electron chi connectivity index (χ3n) is 3.44. The molecule has 3 rings (SSSR count). The fourth-order valence-corrected chi connectivity index (χ4v) is 2.66. The smallest absolute Gasteiger partial charge is 0.247 e. The largest absolute Gasteiger partial charge is 0.419 e. The predicted molar refractivity (Wildman–Crippen MR) is 90.6 cm³/mol. The van der Waals surface area contributed by atoms with Crippen LogP contribution in [0.4, 0.5) is 10.1 Å². The molecule has 2 aromatic carbocycles. The highest BCUT2D eigenvalue weighted by Gasteiger charge is 2.13. The van der Waals surface area contributed by atoms with Crippen LogP contribution < -0.4 is 4.90 Å². The molecule has 4 nitrogen and oxygen atoms in total. The van der Waals surface area contributed by atoms with Crippen LogP contribution in [-0.2, 0) is 6.54 Å². The minimum absolute atomic E-state index is 0.250. The lowest BCUT2D eigenvalue weighted by Gasteiger charge is -2.20. The van der Waals surface area contributed by atoms with Gasteiger partial charge in [0.15, 0.2) is 0 Å². The van der Waals surface area contributed by atoms with Crippen LogP contribution in [-0.4, -0.2) is 16.7 Å². The van der Waals surface area contributed by atoms with Gasteiger partial charge in [0, 0.05) is 22.3 Å². The minimum Gasteiger partial charge on any atom is -0.419 e. The monoisotopic (exact) mass is 375 g/mol. The van der Waals surface area contributed by atoms with Gasteiger partial charge in [-0.2, -0.15) is 0 Å². The molecule has 3 aromatic rings. The molecule has 0 bridgehead atoms. The zero-order chi connectivity index (χ0) is 16.2. The number of halogens is 2. The Hall–Kier alpha value is -2.21. The summed E-state index contributed by atoms with van der Waals surface area (Å²) in [5, 5.41) is 8.20. The normalized spacial score (nSPS) is 10.7. The van der Waals surface area contributed by atoms with E-state index < -0.39 is 0 Å². The molecule has 1 heterocycles. The molecule has 6 heteroatoms. The van der Waals surface area contributed by atoms with Gasteiger partial charge >= 0.3 is 0 Å². The van der Waals surface area contributed by atoms with Gasteiger partial charge in [0.2, 0.25) is 11.8 Å². The highest BCUT2D eigenvalue weighted by atomic mass is 79.9. The fraction of sp³-hybridized carbons (Fsp3) is 0.176. The molecule has 0 fully saturated rings. The van der Waals surface area contributed by atoms with E-state index in [1.165, 1.54) is 12.1 Å². The van der Waals surface area contributed by atoms with Crippen LogP contribution in [0.2, 0.25) is 0 Å². The van der Waals surface area contributed by atoms with E-state index in [9.17, 15) is 4.39 Å². The number of rotatable bonds is 5. The molecule has 0 saturated carbocycles. The maximum absolute atomic E-state index is 13.0. The SMILES string of the molecule is CCN(Cc1nnc(-c2cccc(Br)c2)o1)c1ccc(F)cc1. The topological polar surface area (TPSA) is 42.2 Å². The Balaban J connectivity index is 1.78. The molecule has 0 aliphatic carbocycles. The first-order valence-electron chi connectivity index (χ1n) is 7.24. The Morgan fingerprint density at radius 2 is 1.91 bits per heavy atom. The molecule has 0 amide bonds. The van der Waals surface area contributed by atoms with Crippen LogP contribution in [0.1, 0.15) is 12.8 Å². The first-order chi connectivity index (χ1) is 11.2. The summed E-state index contributed by atoms with van der Waals surface area (Å²) in [5.74, 6) is 0.752. The van der Waals surface area contributed by atoms with Crippen molar-refractivity contribution in [3.63, 3.8) is 0 Å². The summed E-state index contributed by atoms with van der Waals surface area (Å²) in [4.78, 5) is 2.04. The maximum atomic E-state index is 13.0. The summed E-state index contributed by atoms with van der Waals surface area (Å²) >= 11 is 3.43. The molecular weight excluding hydrogens is 361 g/mol. The molecule has 118 valence electrons. The van der Waals surface area contributed by atoms with Crippen LogP contribution in [0.25, 0.3) is 11.5 Å². The number of hydrogen-bond donors (Lipinski definition) is 0. The van der Waals surface area contributed by atoms with Gasteiger partial charge in [0.25, 0.3) is 0 Å². The van der Waals surface area contributed by atoms with Gasteiger partial charge in [0.05, 0.1) is 6.54 Å². The Kier molecular flexibility index (Phi) is 4.71. The van der Waals surface area contributed by atoms with Crippen molar-refractivity contribution in [2.45, 2.75) is 13.5 Å². The average Bonchev–Trinajstić information content (AvgIpc) is 3.02. The molecule has 0 atom stereocenters. The Morgan fingerprint density at radius 3 is 2.61 bits per heavy atom. The zero-order valence-electron chi connectivity index (χ0n) is 12.5. The van der Waals surface area contributed by atoms with E-state index in [2.05, 4.69) is 26.1 Å². The molecule has 0 spiro atoms. The van der Waals surface area contributed by atoms with Crippen LogP contribution in [0, 0.1) is 5.82 Å². The minimum atomic E-state index is -0.250. The van der Waals surface area contributed by atoms with Crippen molar-refractivity contribution in [1.29, 1.82) is 0 Å². The lowest BCUT2D eigenvalue weighted by Crippen LogP contribution is -2.22. The lowest BCUT2D eigenvalue weighted by atomic mass is 10.2. The second kappa shape index (κ2) is 6.91. The van der Waals surface area contributed by atoms with E-state index in [0.29, 0.717) is 18.3 Å². The summed E-state index contributed by atoms with van der Waals surface area (Å²) in [5.41, 5.74) is 1.78. The summed E-state index contributed by atoms with van der Waals surface area (Å²) < 4.78 is 19.7. The maximum Gasteiger partial charge on any atom is 0.247 e. The highest BCUT2D eigenvalue weighted by Crippen LogP contribution is 2.23. The van der Waals surface area contributed by atoms with Gasteiger partial charge in [-0.05, 0) is 49.4 Å². The average molecular weight is 376 g/mol. The van der Waals surface area contributed by atoms with Gasteiger partial charge in [0.1, 0.15) is 5.82 Å². The summed E-state index contributed by atoms with van der Waals surface area (Å²) in [6.07, 6.45) is 0. The van der Waals surface area contributed by atoms with E-state index in [-0.39, 0.29) is 5.82 Å². The Bertz CT molecular complexity index is 789. The Morgan fingerprint density at radius 1 is 1.13 bits per heavy atom. The molecule has 0 N–H and O–H groups in total. The second-order valence-electron chi connectivity index (χ2n) is 5.00. The van der Waals surface area contributed by atoms with Gasteiger partial charge in [-0.1, -0.05) is 22.0 Å². The van der Waals surface area contributed by atoms with Crippen molar-refractivity contribution in [1.82, 2.24) is 10.2 Å². The Labute approximate surface area is 142 Å². The van der Waals surface area contributed by atoms with Crippen molar-refractivity contribution in [2.24, 2.45) is 0 Å². The third-order valence-corrected chi connectivity index (χ3v) is 3.93. The molecule has 0 saturated heterocycles. The van der Waals surface area contributed by atoms with Crippen LogP contribution in [0.3, 0.4) is 0 Å². The number of benzene rings is 2. The summed E-state index contributed by atoms with van der Waals surface area (Å²) in [7, 11) is 0. The first-order valence-corrected chi connectivity index (χ1v) is 8.04. The molecule has 0 radical (unpaired) electrons. The predicted octanol–water partition coefficient (Wildman–Crippen LogP) is 4.66.